The summed E-state index contributed by atoms with van der Waals surface area (Å²) < 4.78 is 25.7. The number of rotatable bonds is 4. The van der Waals surface area contributed by atoms with E-state index in [-0.39, 0.29) is 5.25 Å². The van der Waals surface area contributed by atoms with Crippen LogP contribution in [0.15, 0.2) is 0 Å². The summed E-state index contributed by atoms with van der Waals surface area (Å²) in [4.78, 5) is 2.29. The van der Waals surface area contributed by atoms with Crippen LogP contribution in [-0.4, -0.2) is 45.2 Å². The monoisotopic (exact) mass is 234 g/mol. The molecular weight excluding hydrogens is 212 g/mol. The molecule has 1 fully saturated rings. The zero-order valence-electron chi connectivity index (χ0n) is 9.86. The Bertz CT molecular complexity index is 280. The summed E-state index contributed by atoms with van der Waals surface area (Å²) in [6.07, 6.45) is 2.19. The first-order valence-electron chi connectivity index (χ1n) is 5.59. The fourth-order valence-corrected chi connectivity index (χ4v) is 2.47. The van der Waals surface area contributed by atoms with E-state index >= 15 is 0 Å². The van der Waals surface area contributed by atoms with Gasteiger partial charge in [0.15, 0.2) is 0 Å². The zero-order valence-corrected chi connectivity index (χ0v) is 10.7. The molecule has 0 spiro atoms. The van der Waals surface area contributed by atoms with Crippen molar-refractivity contribution in [1.82, 2.24) is 9.62 Å². The van der Waals surface area contributed by atoms with Crippen molar-refractivity contribution in [2.24, 2.45) is 5.92 Å². The van der Waals surface area contributed by atoms with E-state index in [4.69, 9.17) is 0 Å². The Balaban J connectivity index is 2.32. The van der Waals surface area contributed by atoms with Crippen molar-refractivity contribution in [3.8, 4) is 0 Å². The smallest absolute Gasteiger partial charge is 0.213 e. The van der Waals surface area contributed by atoms with Crippen molar-refractivity contribution in [1.29, 1.82) is 0 Å². The molecule has 0 aromatic carbocycles. The van der Waals surface area contributed by atoms with Crippen LogP contribution >= 0.6 is 0 Å². The van der Waals surface area contributed by atoms with Gasteiger partial charge in [0.2, 0.25) is 10.0 Å². The Kier molecular flexibility index (Phi) is 4.55. The first-order chi connectivity index (χ1) is 6.92. The van der Waals surface area contributed by atoms with Crippen LogP contribution in [0.25, 0.3) is 0 Å². The molecule has 0 aromatic rings. The number of nitrogens with zero attached hydrogens (tertiary/aromatic N) is 1. The number of likely N-dealkylation sites (tertiary alicyclic amines) is 1. The average Bonchev–Trinajstić information content (AvgIpc) is 2.17. The Morgan fingerprint density at radius 1 is 1.33 bits per heavy atom. The molecule has 1 saturated heterocycles. The van der Waals surface area contributed by atoms with Gasteiger partial charge in [-0.3, -0.25) is 0 Å². The van der Waals surface area contributed by atoms with E-state index in [1.54, 1.807) is 13.8 Å². The number of nitrogens with one attached hydrogen (secondary N) is 1. The third-order valence-electron chi connectivity index (χ3n) is 3.03. The molecule has 0 bridgehead atoms. The summed E-state index contributed by atoms with van der Waals surface area (Å²) in [5, 5.41) is -0.330. The summed E-state index contributed by atoms with van der Waals surface area (Å²) in [5.74, 6) is 0.509. The minimum atomic E-state index is -3.07. The molecule has 0 saturated carbocycles. The second-order valence-electron chi connectivity index (χ2n) is 4.69. The summed E-state index contributed by atoms with van der Waals surface area (Å²) in [7, 11) is -0.969. The van der Waals surface area contributed by atoms with Gasteiger partial charge in [-0.2, -0.15) is 0 Å². The van der Waals surface area contributed by atoms with Gasteiger partial charge in [0.25, 0.3) is 0 Å². The van der Waals surface area contributed by atoms with Crippen LogP contribution in [0.4, 0.5) is 0 Å². The third-order valence-corrected chi connectivity index (χ3v) is 4.84. The number of hydrogen-bond donors (Lipinski definition) is 1. The van der Waals surface area contributed by atoms with E-state index in [1.807, 2.05) is 0 Å². The summed E-state index contributed by atoms with van der Waals surface area (Å²) in [5.41, 5.74) is 0. The van der Waals surface area contributed by atoms with Crippen LogP contribution in [0, 0.1) is 5.92 Å². The van der Waals surface area contributed by atoms with Crippen LogP contribution in [0.5, 0.6) is 0 Å². The van der Waals surface area contributed by atoms with Crippen LogP contribution in [-0.2, 0) is 10.0 Å². The highest BCUT2D eigenvalue weighted by molar-refractivity contribution is 7.90. The SMILES string of the molecule is CC(C)S(=O)(=O)NCC1CCN(C)CC1. The fraction of sp³-hybridized carbons (Fsp3) is 1.00. The van der Waals surface area contributed by atoms with E-state index < -0.39 is 10.0 Å². The summed E-state index contributed by atoms with van der Waals surface area (Å²) >= 11 is 0. The molecule has 0 unspecified atom stereocenters. The standard InChI is InChI=1S/C10H22N2O2S/c1-9(2)15(13,14)11-8-10-4-6-12(3)7-5-10/h9-11H,4-8H2,1-3H3. The van der Waals surface area contributed by atoms with Crippen LogP contribution in [0.2, 0.25) is 0 Å². The largest absolute Gasteiger partial charge is 0.306 e. The summed E-state index contributed by atoms with van der Waals surface area (Å²) in [6, 6.07) is 0. The van der Waals surface area contributed by atoms with Crippen molar-refractivity contribution in [2.75, 3.05) is 26.7 Å². The van der Waals surface area contributed by atoms with Crippen molar-refractivity contribution in [3.63, 3.8) is 0 Å². The molecule has 1 N–H and O–H groups in total. The maximum Gasteiger partial charge on any atom is 0.213 e. The molecule has 0 aliphatic carbocycles. The van der Waals surface area contributed by atoms with Gasteiger partial charge in [-0.15, -0.1) is 0 Å². The lowest BCUT2D eigenvalue weighted by Gasteiger charge is -2.29. The quantitative estimate of drug-likeness (QED) is 0.777. The van der Waals surface area contributed by atoms with E-state index in [0.29, 0.717) is 12.5 Å². The Morgan fingerprint density at radius 2 is 1.87 bits per heavy atom. The van der Waals surface area contributed by atoms with Crippen molar-refractivity contribution in [2.45, 2.75) is 31.9 Å². The second kappa shape index (κ2) is 5.27. The minimum absolute atomic E-state index is 0.330. The topological polar surface area (TPSA) is 49.4 Å². The number of hydrogen-bond acceptors (Lipinski definition) is 3. The lowest BCUT2D eigenvalue weighted by Crippen LogP contribution is -2.39. The molecule has 5 heteroatoms. The normalized spacial score (nSPS) is 21.1. The van der Waals surface area contributed by atoms with E-state index in [0.717, 1.165) is 25.9 Å². The van der Waals surface area contributed by atoms with Gasteiger partial charge in [-0.25, -0.2) is 13.1 Å². The predicted molar refractivity (Wildman–Crippen MR) is 62.3 cm³/mol. The molecule has 0 atom stereocenters. The first kappa shape index (κ1) is 12.9. The molecule has 4 nitrogen and oxygen atoms in total. The average molecular weight is 234 g/mol. The highest BCUT2D eigenvalue weighted by Gasteiger charge is 2.20. The fourth-order valence-electron chi connectivity index (χ4n) is 1.67. The first-order valence-corrected chi connectivity index (χ1v) is 7.13. The van der Waals surface area contributed by atoms with Gasteiger partial charge >= 0.3 is 0 Å². The zero-order chi connectivity index (χ0) is 11.5. The van der Waals surface area contributed by atoms with Gasteiger partial charge < -0.3 is 4.90 Å². The van der Waals surface area contributed by atoms with Gasteiger partial charge in [-0.05, 0) is 52.7 Å². The highest BCUT2D eigenvalue weighted by atomic mass is 32.2. The van der Waals surface area contributed by atoms with Crippen LogP contribution < -0.4 is 4.72 Å². The lowest BCUT2D eigenvalue weighted by atomic mass is 9.98. The maximum atomic E-state index is 11.5. The van der Waals surface area contributed by atoms with E-state index in [2.05, 4.69) is 16.7 Å². The molecule has 15 heavy (non-hydrogen) atoms. The molecule has 0 amide bonds. The molecular formula is C10H22N2O2S. The molecule has 0 aromatic heterocycles. The number of piperidine rings is 1. The molecule has 90 valence electrons. The molecule has 1 rings (SSSR count). The van der Waals surface area contributed by atoms with Crippen molar-refractivity contribution >= 4 is 10.0 Å². The lowest BCUT2D eigenvalue weighted by molar-refractivity contribution is 0.220. The number of sulfonamides is 1. The Labute approximate surface area is 93.1 Å². The maximum absolute atomic E-state index is 11.5. The van der Waals surface area contributed by atoms with Crippen LogP contribution in [0.1, 0.15) is 26.7 Å². The molecule has 1 heterocycles. The van der Waals surface area contributed by atoms with Crippen molar-refractivity contribution in [3.05, 3.63) is 0 Å². The predicted octanol–water partition coefficient (Wildman–Crippen LogP) is 0.656. The molecule has 0 radical (unpaired) electrons. The molecule has 1 aliphatic rings. The Hall–Kier alpha value is -0.130. The van der Waals surface area contributed by atoms with Crippen LogP contribution in [0.3, 0.4) is 0 Å². The van der Waals surface area contributed by atoms with Gasteiger partial charge in [-0.1, -0.05) is 0 Å². The van der Waals surface area contributed by atoms with Crippen molar-refractivity contribution < 1.29 is 8.42 Å². The second-order valence-corrected chi connectivity index (χ2v) is 7.01. The van der Waals surface area contributed by atoms with E-state index in [1.165, 1.54) is 0 Å². The van der Waals surface area contributed by atoms with E-state index in [9.17, 15) is 8.42 Å². The Morgan fingerprint density at radius 3 is 2.33 bits per heavy atom. The highest BCUT2D eigenvalue weighted by Crippen LogP contribution is 2.15. The van der Waals surface area contributed by atoms with Gasteiger partial charge in [0, 0.05) is 6.54 Å². The summed E-state index contributed by atoms with van der Waals surface area (Å²) in [6.45, 7) is 6.17. The minimum Gasteiger partial charge on any atom is -0.306 e. The molecule has 1 aliphatic heterocycles. The van der Waals surface area contributed by atoms with Gasteiger partial charge in [0.05, 0.1) is 5.25 Å². The third kappa shape index (κ3) is 4.09. The van der Waals surface area contributed by atoms with Gasteiger partial charge in [0.1, 0.15) is 0 Å².